The van der Waals surface area contributed by atoms with Gasteiger partial charge >= 0.3 is 6.16 Å². The second-order valence-corrected chi connectivity index (χ2v) is 6.03. The lowest BCUT2D eigenvalue weighted by Gasteiger charge is -2.14. The molecule has 0 aliphatic heterocycles. The van der Waals surface area contributed by atoms with E-state index in [9.17, 15) is 4.79 Å². The van der Waals surface area contributed by atoms with E-state index in [1.54, 1.807) is 12.1 Å². The molecule has 0 aliphatic carbocycles. The summed E-state index contributed by atoms with van der Waals surface area (Å²) in [5.41, 5.74) is 2.03. The Balaban J connectivity index is 2.56. The van der Waals surface area contributed by atoms with Crippen LogP contribution in [0.2, 0.25) is 5.02 Å². The van der Waals surface area contributed by atoms with Crippen LogP contribution in [0.5, 0.6) is 5.75 Å². The third-order valence-corrected chi connectivity index (χ3v) is 3.49. The van der Waals surface area contributed by atoms with E-state index < -0.39 is 6.16 Å². The van der Waals surface area contributed by atoms with E-state index in [1.807, 2.05) is 32.9 Å². The molecule has 1 N–H and O–H groups in total. The maximum absolute atomic E-state index is 11.0. The monoisotopic (exact) mass is 334 g/mol. The van der Waals surface area contributed by atoms with Gasteiger partial charge in [0.05, 0.1) is 11.4 Å². The van der Waals surface area contributed by atoms with Gasteiger partial charge in [0.25, 0.3) is 0 Å². The number of carbonyl (C=O) groups is 1. The minimum absolute atomic E-state index is 0.256. The highest BCUT2D eigenvalue weighted by Gasteiger charge is 2.19. The molecular weight excluding hydrogens is 316 g/mol. The van der Waals surface area contributed by atoms with Gasteiger partial charge in [0, 0.05) is 10.6 Å². The quantitative estimate of drug-likeness (QED) is 0.808. The highest BCUT2D eigenvalue weighted by atomic mass is 35.5. The van der Waals surface area contributed by atoms with Crippen molar-refractivity contribution in [2.75, 3.05) is 0 Å². The highest BCUT2D eigenvalue weighted by molar-refractivity contribution is 6.30. The summed E-state index contributed by atoms with van der Waals surface area (Å²) in [6, 6.07) is 7.23. The van der Waals surface area contributed by atoms with Crippen LogP contribution in [-0.4, -0.2) is 21.2 Å². The minimum Gasteiger partial charge on any atom is -0.449 e. The molecule has 6 heteroatoms. The Morgan fingerprint density at radius 1 is 1.22 bits per heavy atom. The van der Waals surface area contributed by atoms with Gasteiger partial charge in [-0.2, -0.15) is 0 Å². The van der Waals surface area contributed by atoms with Crippen LogP contribution in [0.3, 0.4) is 0 Å². The van der Waals surface area contributed by atoms with Gasteiger partial charge in [-0.1, -0.05) is 32.4 Å². The lowest BCUT2D eigenvalue weighted by atomic mass is 10.1. The molecule has 1 aromatic carbocycles. The topological polar surface area (TPSA) is 72.3 Å². The molecule has 1 heterocycles. The second kappa shape index (κ2) is 7.42. The first kappa shape index (κ1) is 17.2. The molecule has 0 saturated carbocycles. The van der Waals surface area contributed by atoms with E-state index in [1.165, 1.54) is 0 Å². The van der Waals surface area contributed by atoms with E-state index in [4.69, 9.17) is 21.4 Å². The fourth-order valence-corrected chi connectivity index (χ4v) is 2.37. The van der Waals surface area contributed by atoms with Gasteiger partial charge in [0.15, 0.2) is 11.6 Å². The maximum Gasteiger partial charge on any atom is 0.511 e. The average Bonchev–Trinajstić information content (AvgIpc) is 2.48. The smallest absolute Gasteiger partial charge is 0.449 e. The Bertz CT molecular complexity index is 700. The summed E-state index contributed by atoms with van der Waals surface area (Å²) in [5.74, 6) is 1.11. The molecule has 5 nitrogen and oxygen atoms in total. The third kappa shape index (κ3) is 4.42. The summed E-state index contributed by atoms with van der Waals surface area (Å²) in [6.45, 7) is 5.99. The molecular formula is C17H19ClN2O3. The molecule has 0 radical (unpaired) electrons. The van der Waals surface area contributed by atoms with Gasteiger partial charge in [-0.15, -0.1) is 0 Å². The molecule has 0 unspecified atom stereocenters. The number of aryl methyl sites for hydroxylation is 1. The summed E-state index contributed by atoms with van der Waals surface area (Å²) < 4.78 is 4.95. The number of benzene rings is 1. The molecule has 0 amide bonds. The molecule has 2 aromatic rings. The minimum atomic E-state index is -1.35. The van der Waals surface area contributed by atoms with Gasteiger partial charge in [0.2, 0.25) is 0 Å². The number of ether oxygens (including phenoxy) is 1. The van der Waals surface area contributed by atoms with Crippen molar-refractivity contribution < 1.29 is 14.6 Å². The molecule has 1 aromatic heterocycles. The molecule has 122 valence electrons. The summed E-state index contributed by atoms with van der Waals surface area (Å²) in [7, 11) is 0. The van der Waals surface area contributed by atoms with Crippen LogP contribution in [-0.2, 0) is 12.8 Å². The highest BCUT2D eigenvalue weighted by Crippen LogP contribution is 2.28. The summed E-state index contributed by atoms with van der Waals surface area (Å²) in [6.07, 6.45) is -0.192. The Morgan fingerprint density at radius 2 is 1.83 bits per heavy atom. The molecule has 0 fully saturated rings. The van der Waals surface area contributed by atoms with Crippen molar-refractivity contribution in [1.29, 1.82) is 0 Å². The zero-order chi connectivity index (χ0) is 17.0. The van der Waals surface area contributed by atoms with Crippen molar-refractivity contribution in [2.45, 2.75) is 33.6 Å². The van der Waals surface area contributed by atoms with E-state index in [0.29, 0.717) is 41.0 Å². The maximum atomic E-state index is 11.0. The van der Waals surface area contributed by atoms with Crippen LogP contribution in [0.4, 0.5) is 4.79 Å². The Hall–Kier alpha value is -2.14. The van der Waals surface area contributed by atoms with Crippen molar-refractivity contribution in [3.8, 4) is 17.1 Å². The van der Waals surface area contributed by atoms with Crippen LogP contribution in [0, 0.1) is 5.92 Å². The number of nitrogens with zero attached hydrogens (tertiary/aromatic N) is 2. The second-order valence-electron chi connectivity index (χ2n) is 5.60. The van der Waals surface area contributed by atoms with E-state index in [2.05, 4.69) is 9.97 Å². The lowest BCUT2D eigenvalue weighted by Crippen LogP contribution is -2.13. The molecule has 23 heavy (non-hydrogen) atoms. The van der Waals surface area contributed by atoms with Crippen LogP contribution in [0.25, 0.3) is 11.4 Å². The van der Waals surface area contributed by atoms with Gasteiger partial charge in [-0.05, 0) is 43.0 Å². The number of rotatable bonds is 5. The zero-order valence-electron chi connectivity index (χ0n) is 13.3. The fraction of sp³-hybridized carbons (Fsp3) is 0.353. The number of hydrogen-bond acceptors (Lipinski definition) is 4. The molecule has 0 aliphatic rings. The summed E-state index contributed by atoms with van der Waals surface area (Å²) >= 11 is 5.91. The van der Waals surface area contributed by atoms with E-state index in [0.717, 1.165) is 5.56 Å². The van der Waals surface area contributed by atoms with Crippen molar-refractivity contribution in [2.24, 2.45) is 5.92 Å². The molecule has 0 bridgehead atoms. The largest absolute Gasteiger partial charge is 0.511 e. The predicted octanol–water partition coefficient (Wildman–Crippen LogP) is 4.61. The fourth-order valence-electron chi connectivity index (χ4n) is 2.25. The van der Waals surface area contributed by atoms with Gasteiger partial charge in [-0.3, -0.25) is 0 Å². The predicted molar refractivity (Wildman–Crippen MR) is 89.1 cm³/mol. The summed E-state index contributed by atoms with van der Waals surface area (Å²) in [4.78, 5) is 20.0. The van der Waals surface area contributed by atoms with Crippen LogP contribution < -0.4 is 4.74 Å². The number of hydrogen-bond donors (Lipinski definition) is 1. The molecule has 0 atom stereocenters. The molecule has 2 rings (SSSR count). The van der Waals surface area contributed by atoms with Gasteiger partial charge < -0.3 is 9.84 Å². The first-order valence-electron chi connectivity index (χ1n) is 7.47. The first-order chi connectivity index (χ1) is 10.9. The Labute approximate surface area is 140 Å². The summed E-state index contributed by atoms with van der Waals surface area (Å²) in [5, 5.41) is 9.61. The number of carboxylic acid groups (broad SMARTS) is 1. The SMILES string of the molecule is CCc1nc(-c2ccc(Cl)cc2)nc(CC(C)C)c1OC(=O)O. The van der Waals surface area contributed by atoms with Gasteiger partial charge in [0.1, 0.15) is 0 Å². The van der Waals surface area contributed by atoms with Crippen LogP contribution in [0.1, 0.15) is 32.2 Å². The number of aromatic nitrogens is 2. The van der Waals surface area contributed by atoms with Crippen molar-refractivity contribution in [3.63, 3.8) is 0 Å². The first-order valence-corrected chi connectivity index (χ1v) is 7.85. The zero-order valence-corrected chi connectivity index (χ0v) is 14.1. The van der Waals surface area contributed by atoms with Gasteiger partial charge in [-0.25, -0.2) is 14.8 Å². The molecule has 0 spiro atoms. The Morgan fingerprint density at radius 3 is 2.35 bits per heavy atom. The van der Waals surface area contributed by atoms with Crippen LogP contribution in [0.15, 0.2) is 24.3 Å². The van der Waals surface area contributed by atoms with Crippen LogP contribution >= 0.6 is 11.6 Å². The number of halogens is 1. The van der Waals surface area contributed by atoms with Crippen molar-refractivity contribution in [1.82, 2.24) is 9.97 Å². The average molecular weight is 335 g/mol. The third-order valence-electron chi connectivity index (χ3n) is 3.23. The van der Waals surface area contributed by atoms with Crippen molar-refractivity contribution >= 4 is 17.8 Å². The van der Waals surface area contributed by atoms with E-state index in [-0.39, 0.29) is 5.75 Å². The lowest BCUT2D eigenvalue weighted by molar-refractivity contribution is 0.143. The normalized spacial score (nSPS) is 10.8. The van der Waals surface area contributed by atoms with Crippen molar-refractivity contribution in [3.05, 3.63) is 40.7 Å². The standard InChI is InChI=1S/C17H19ClN2O3/c1-4-13-15(23-17(21)22)14(9-10(2)3)20-16(19-13)11-5-7-12(18)8-6-11/h5-8,10H,4,9H2,1-3H3,(H,21,22). The van der Waals surface area contributed by atoms with E-state index >= 15 is 0 Å². The molecule has 0 saturated heterocycles. The Kier molecular flexibility index (Phi) is 5.55.